The Labute approximate surface area is 187 Å². The summed E-state index contributed by atoms with van der Waals surface area (Å²) in [6, 6.07) is 12.6. The molecule has 8 heteroatoms. The van der Waals surface area contributed by atoms with Crippen molar-refractivity contribution in [2.75, 3.05) is 13.7 Å². The topological polar surface area (TPSA) is 69.9 Å². The van der Waals surface area contributed by atoms with Gasteiger partial charge in [0.1, 0.15) is 17.6 Å². The molecule has 0 fully saturated rings. The first-order chi connectivity index (χ1) is 15.5. The molecule has 2 aromatic carbocycles. The van der Waals surface area contributed by atoms with Crippen molar-refractivity contribution in [3.8, 4) is 5.75 Å². The van der Waals surface area contributed by atoms with Crippen LogP contribution in [-0.4, -0.2) is 24.3 Å². The number of para-hydroxylation sites is 1. The number of carbonyl (C=O) groups is 1. The maximum atomic E-state index is 14.2. The van der Waals surface area contributed by atoms with E-state index in [2.05, 4.69) is 4.99 Å². The van der Waals surface area contributed by atoms with Gasteiger partial charge in [-0.25, -0.2) is 14.2 Å². The maximum Gasteiger partial charge on any atom is 0.338 e. The minimum atomic E-state index is -0.788. The third kappa shape index (κ3) is 3.78. The monoisotopic (exact) mass is 452 g/mol. The first-order valence-corrected chi connectivity index (χ1v) is 10.8. The van der Waals surface area contributed by atoms with Gasteiger partial charge in [0, 0.05) is 11.1 Å². The van der Waals surface area contributed by atoms with E-state index in [-0.39, 0.29) is 17.7 Å². The summed E-state index contributed by atoms with van der Waals surface area (Å²) >= 11 is 1.14. The lowest BCUT2D eigenvalue weighted by Crippen LogP contribution is -2.40. The molecule has 0 saturated carbocycles. The molecule has 1 atom stereocenters. The molecule has 1 aliphatic rings. The number of esters is 1. The SMILES string of the molecule is CCOC(=O)C1=C(C)N=c2sc(=Cc3ccccc3F)c(=O)n2C1c1ccccc1OC. The zero-order valence-electron chi connectivity index (χ0n) is 17.8. The fourth-order valence-corrected chi connectivity index (χ4v) is 4.75. The van der Waals surface area contributed by atoms with Gasteiger partial charge < -0.3 is 9.47 Å². The Bertz CT molecular complexity index is 1400. The summed E-state index contributed by atoms with van der Waals surface area (Å²) in [6.07, 6.45) is 1.50. The van der Waals surface area contributed by atoms with Gasteiger partial charge in [-0.3, -0.25) is 9.36 Å². The summed E-state index contributed by atoms with van der Waals surface area (Å²) in [5.74, 6) is -0.450. The van der Waals surface area contributed by atoms with Gasteiger partial charge in [0.05, 0.1) is 29.5 Å². The molecular formula is C24H21FN2O4S. The molecule has 4 rings (SSSR count). The van der Waals surface area contributed by atoms with E-state index in [1.165, 1.54) is 23.8 Å². The summed E-state index contributed by atoms with van der Waals surface area (Å²) in [5.41, 5.74) is 1.28. The van der Waals surface area contributed by atoms with Crippen LogP contribution in [0.1, 0.15) is 31.0 Å². The van der Waals surface area contributed by atoms with Gasteiger partial charge in [-0.05, 0) is 32.1 Å². The van der Waals surface area contributed by atoms with Crippen LogP contribution in [0.4, 0.5) is 4.39 Å². The lowest BCUT2D eigenvalue weighted by molar-refractivity contribution is -0.139. The number of allylic oxidation sites excluding steroid dienone is 1. The Hall–Kier alpha value is -3.52. The summed E-state index contributed by atoms with van der Waals surface area (Å²) < 4.78 is 26.8. The van der Waals surface area contributed by atoms with Gasteiger partial charge in [-0.2, -0.15) is 0 Å². The molecule has 1 aromatic heterocycles. The van der Waals surface area contributed by atoms with E-state index < -0.39 is 17.8 Å². The van der Waals surface area contributed by atoms with Gasteiger partial charge >= 0.3 is 5.97 Å². The van der Waals surface area contributed by atoms with Crippen molar-refractivity contribution < 1.29 is 18.7 Å². The Morgan fingerprint density at radius 2 is 1.94 bits per heavy atom. The number of nitrogens with zero attached hydrogens (tertiary/aromatic N) is 2. The number of aromatic nitrogens is 1. The molecular weight excluding hydrogens is 431 g/mol. The van der Waals surface area contributed by atoms with E-state index in [1.807, 2.05) is 12.1 Å². The molecule has 32 heavy (non-hydrogen) atoms. The molecule has 0 saturated heterocycles. The summed E-state index contributed by atoms with van der Waals surface area (Å²) in [5, 5.41) is 0. The Morgan fingerprint density at radius 3 is 2.66 bits per heavy atom. The number of halogens is 1. The summed E-state index contributed by atoms with van der Waals surface area (Å²) in [7, 11) is 1.53. The third-order valence-electron chi connectivity index (χ3n) is 5.14. The molecule has 164 valence electrons. The van der Waals surface area contributed by atoms with Crippen LogP contribution in [0.2, 0.25) is 0 Å². The Balaban J connectivity index is 2.01. The zero-order chi connectivity index (χ0) is 22.8. The van der Waals surface area contributed by atoms with E-state index in [1.54, 1.807) is 44.2 Å². The summed E-state index contributed by atoms with van der Waals surface area (Å²) in [6.45, 7) is 3.62. The van der Waals surface area contributed by atoms with Crippen LogP contribution >= 0.6 is 11.3 Å². The number of hydrogen-bond donors (Lipinski definition) is 0. The van der Waals surface area contributed by atoms with Crippen molar-refractivity contribution in [3.63, 3.8) is 0 Å². The van der Waals surface area contributed by atoms with E-state index >= 15 is 0 Å². The highest BCUT2D eigenvalue weighted by molar-refractivity contribution is 7.07. The van der Waals surface area contributed by atoms with E-state index in [0.717, 1.165) is 11.3 Å². The molecule has 6 nitrogen and oxygen atoms in total. The van der Waals surface area contributed by atoms with Crippen molar-refractivity contribution in [2.45, 2.75) is 19.9 Å². The third-order valence-corrected chi connectivity index (χ3v) is 6.13. The number of ether oxygens (including phenoxy) is 2. The molecule has 0 amide bonds. The van der Waals surface area contributed by atoms with Crippen LogP contribution in [0, 0.1) is 5.82 Å². The predicted octanol–water partition coefficient (Wildman–Crippen LogP) is 2.95. The first kappa shape index (κ1) is 21.7. The van der Waals surface area contributed by atoms with Crippen LogP contribution in [0.25, 0.3) is 6.08 Å². The van der Waals surface area contributed by atoms with Crippen LogP contribution in [0.3, 0.4) is 0 Å². The molecule has 0 spiro atoms. The lowest BCUT2D eigenvalue weighted by Gasteiger charge is -2.25. The smallest absolute Gasteiger partial charge is 0.338 e. The highest BCUT2D eigenvalue weighted by atomic mass is 32.1. The second kappa shape index (κ2) is 8.92. The standard InChI is InChI=1S/C24H21FN2O4S/c1-4-31-23(29)20-14(2)26-24-27(21(20)16-10-6-8-12-18(16)30-3)22(28)19(32-24)13-15-9-5-7-11-17(15)25/h5-13,21H,4H2,1-3H3. The molecule has 0 radical (unpaired) electrons. The number of carbonyl (C=O) groups excluding carboxylic acids is 1. The van der Waals surface area contributed by atoms with Crippen molar-refractivity contribution in [1.29, 1.82) is 0 Å². The molecule has 0 N–H and O–H groups in total. The average molecular weight is 453 g/mol. The second-order valence-corrected chi connectivity index (χ2v) is 8.07. The largest absolute Gasteiger partial charge is 0.496 e. The van der Waals surface area contributed by atoms with Crippen molar-refractivity contribution >= 4 is 23.4 Å². The van der Waals surface area contributed by atoms with Crippen molar-refractivity contribution in [3.05, 3.63) is 96.4 Å². The fourth-order valence-electron chi connectivity index (χ4n) is 3.71. The Kier molecular flexibility index (Phi) is 6.05. The van der Waals surface area contributed by atoms with Crippen molar-refractivity contribution in [1.82, 2.24) is 4.57 Å². The number of thiazole rings is 1. The van der Waals surface area contributed by atoms with Gasteiger partial charge in [0.25, 0.3) is 5.56 Å². The number of benzene rings is 2. The van der Waals surface area contributed by atoms with Gasteiger partial charge in [0.15, 0.2) is 4.80 Å². The molecule has 0 aliphatic carbocycles. The van der Waals surface area contributed by atoms with E-state index in [9.17, 15) is 14.0 Å². The second-order valence-electron chi connectivity index (χ2n) is 7.07. The van der Waals surface area contributed by atoms with Crippen LogP contribution < -0.4 is 19.6 Å². The minimum absolute atomic E-state index is 0.186. The predicted molar refractivity (Wildman–Crippen MR) is 120 cm³/mol. The van der Waals surface area contributed by atoms with Gasteiger partial charge in [-0.15, -0.1) is 0 Å². The number of rotatable bonds is 5. The molecule has 1 unspecified atom stereocenters. The number of hydrogen-bond acceptors (Lipinski definition) is 6. The summed E-state index contributed by atoms with van der Waals surface area (Å²) in [4.78, 5) is 31.3. The molecule has 0 bridgehead atoms. The van der Waals surface area contributed by atoms with Gasteiger partial charge in [-0.1, -0.05) is 47.7 Å². The average Bonchev–Trinajstić information content (AvgIpc) is 3.09. The highest BCUT2D eigenvalue weighted by Crippen LogP contribution is 2.35. The Morgan fingerprint density at radius 1 is 1.22 bits per heavy atom. The quantitative estimate of drug-likeness (QED) is 0.558. The molecule has 1 aliphatic heterocycles. The van der Waals surface area contributed by atoms with Crippen LogP contribution in [0.15, 0.2) is 69.6 Å². The normalized spacial score (nSPS) is 15.9. The maximum absolute atomic E-state index is 14.2. The molecule has 3 aromatic rings. The fraction of sp³-hybridized carbons (Fsp3) is 0.208. The van der Waals surface area contributed by atoms with E-state index in [0.29, 0.717) is 31.9 Å². The number of fused-ring (bicyclic) bond motifs is 1. The van der Waals surface area contributed by atoms with E-state index in [4.69, 9.17) is 9.47 Å². The van der Waals surface area contributed by atoms with Gasteiger partial charge in [0.2, 0.25) is 0 Å². The molecule has 2 heterocycles. The number of methoxy groups -OCH3 is 1. The lowest BCUT2D eigenvalue weighted by atomic mass is 9.95. The highest BCUT2D eigenvalue weighted by Gasteiger charge is 2.34. The first-order valence-electron chi connectivity index (χ1n) is 10.0. The van der Waals surface area contributed by atoms with Crippen LogP contribution in [-0.2, 0) is 9.53 Å². The minimum Gasteiger partial charge on any atom is -0.496 e. The van der Waals surface area contributed by atoms with Crippen molar-refractivity contribution in [2.24, 2.45) is 4.99 Å². The zero-order valence-corrected chi connectivity index (χ0v) is 18.6. The van der Waals surface area contributed by atoms with Crippen LogP contribution in [0.5, 0.6) is 5.75 Å².